The predicted octanol–water partition coefficient (Wildman–Crippen LogP) is 4.18. The molecule has 0 radical (unpaired) electrons. The van der Waals surface area contributed by atoms with Crippen LogP contribution in [0, 0.1) is 13.8 Å². The molecule has 146 valence electrons. The zero-order valence-electron chi connectivity index (χ0n) is 16.8. The molecular weight excluding hydrogens is 364 g/mol. The minimum Gasteiger partial charge on any atom is -0.300 e. The summed E-state index contributed by atoms with van der Waals surface area (Å²) in [6.07, 6.45) is 0.986. The van der Waals surface area contributed by atoms with Crippen LogP contribution in [0.2, 0.25) is 0 Å². The van der Waals surface area contributed by atoms with Gasteiger partial charge in [-0.15, -0.1) is 11.3 Å². The SMILES string of the molecule is Cc1ccc(CN2CCN(CCc3cc(-c4cccs4)nc(C)n3)CC2)cc1. The van der Waals surface area contributed by atoms with E-state index in [9.17, 15) is 0 Å². The first-order chi connectivity index (χ1) is 13.7. The van der Waals surface area contributed by atoms with E-state index in [2.05, 4.69) is 74.5 Å². The Labute approximate surface area is 171 Å². The number of thiophene rings is 1. The Balaban J connectivity index is 1.28. The van der Waals surface area contributed by atoms with Crippen LogP contribution in [0.15, 0.2) is 47.8 Å². The van der Waals surface area contributed by atoms with Crippen molar-refractivity contribution < 1.29 is 0 Å². The molecule has 3 aromatic rings. The fraction of sp³-hybridized carbons (Fsp3) is 0.391. The third kappa shape index (κ3) is 5.04. The average Bonchev–Trinajstić information content (AvgIpc) is 3.24. The fourth-order valence-electron chi connectivity index (χ4n) is 3.70. The lowest BCUT2D eigenvalue weighted by atomic mass is 10.1. The first-order valence-electron chi connectivity index (χ1n) is 10.0. The minimum atomic E-state index is 0.865. The van der Waals surface area contributed by atoms with Crippen molar-refractivity contribution in [3.63, 3.8) is 0 Å². The largest absolute Gasteiger partial charge is 0.300 e. The Hall–Kier alpha value is -2.08. The van der Waals surface area contributed by atoms with E-state index in [0.29, 0.717) is 0 Å². The number of rotatable bonds is 6. The molecule has 0 aliphatic carbocycles. The predicted molar refractivity (Wildman–Crippen MR) is 117 cm³/mol. The molecule has 0 bridgehead atoms. The van der Waals surface area contributed by atoms with Crippen molar-refractivity contribution in [3.8, 4) is 10.6 Å². The van der Waals surface area contributed by atoms with Crippen LogP contribution in [0.1, 0.15) is 22.6 Å². The maximum Gasteiger partial charge on any atom is 0.126 e. The number of hydrogen-bond acceptors (Lipinski definition) is 5. The molecule has 4 nitrogen and oxygen atoms in total. The number of aromatic nitrogens is 2. The standard InChI is InChI=1S/C23H28N4S/c1-18-5-7-20(8-6-18)17-27-13-11-26(12-14-27)10-9-21-16-22(25-19(2)24-21)23-4-3-15-28-23/h3-8,15-16H,9-14,17H2,1-2H3. The van der Waals surface area contributed by atoms with Crippen molar-refractivity contribution in [2.45, 2.75) is 26.8 Å². The minimum absolute atomic E-state index is 0.865. The molecule has 0 unspecified atom stereocenters. The molecule has 5 heteroatoms. The van der Waals surface area contributed by atoms with Gasteiger partial charge < -0.3 is 4.90 Å². The van der Waals surface area contributed by atoms with Gasteiger partial charge in [-0.1, -0.05) is 35.9 Å². The van der Waals surface area contributed by atoms with Gasteiger partial charge in [0.15, 0.2) is 0 Å². The Morgan fingerprint density at radius 1 is 0.929 bits per heavy atom. The van der Waals surface area contributed by atoms with Crippen molar-refractivity contribution >= 4 is 11.3 Å². The van der Waals surface area contributed by atoms with Gasteiger partial charge in [0.1, 0.15) is 5.82 Å². The molecule has 0 saturated carbocycles. The Morgan fingerprint density at radius 3 is 2.39 bits per heavy atom. The highest BCUT2D eigenvalue weighted by Gasteiger charge is 2.17. The fourth-order valence-corrected chi connectivity index (χ4v) is 4.39. The normalized spacial score (nSPS) is 15.8. The van der Waals surface area contributed by atoms with E-state index in [1.165, 1.54) is 16.0 Å². The molecule has 1 aliphatic heterocycles. The van der Waals surface area contributed by atoms with Gasteiger partial charge in [0, 0.05) is 51.4 Å². The molecule has 4 rings (SSSR count). The molecule has 1 aromatic carbocycles. The first kappa shape index (κ1) is 19.2. The summed E-state index contributed by atoms with van der Waals surface area (Å²) in [7, 11) is 0. The molecular formula is C23H28N4S. The first-order valence-corrected chi connectivity index (χ1v) is 10.9. The summed E-state index contributed by atoms with van der Waals surface area (Å²) in [5.74, 6) is 0.865. The van der Waals surface area contributed by atoms with Crippen LogP contribution in [-0.4, -0.2) is 52.5 Å². The topological polar surface area (TPSA) is 32.3 Å². The highest BCUT2D eigenvalue weighted by molar-refractivity contribution is 7.13. The lowest BCUT2D eigenvalue weighted by Crippen LogP contribution is -2.46. The molecule has 2 aromatic heterocycles. The van der Waals surface area contributed by atoms with Crippen LogP contribution < -0.4 is 0 Å². The van der Waals surface area contributed by atoms with Gasteiger partial charge in [-0.05, 0) is 36.9 Å². The van der Waals surface area contributed by atoms with Gasteiger partial charge >= 0.3 is 0 Å². The van der Waals surface area contributed by atoms with Crippen molar-refractivity contribution in [2.75, 3.05) is 32.7 Å². The van der Waals surface area contributed by atoms with E-state index in [1.54, 1.807) is 11.3 Å². The van der Waals surface area contributed by atoms with Crippen molar-refractivity contribution in [1.29, 1.82) is 0 Å². The van der Waals surface area contributed by atoms with Crippen molar-refractivity contribution in [1.82, 2.24) is 19.8 Å². The van der Waals surface area contributed by atoms with Crippen molar-refractivity contribution in [2.24, 2.45) is 0 Å². The maximum atomic E-state index is 4.66. The Morgan fingerprint density at radius 2 is 1.68 bits per heavy atom. The van der Waals surface area contributed by atoms with E-state index in [4.69, 9.17) is 0 Å². The second kappa shape index (κ2) is 8.95. The molecule has 1 aliphatic rings. The van der Waals surface area contributed by atoms with Gasteiger partial charge in [0.25, 0.3) is 0 Å². The van der Waals surface area contributed by atoms with Crippen molar-refractivity contribution in [3.05, 3.63) is 70.5 Å². The molecule has 0 spiro atoms. The number of aryl methyl sites for hydroxylation is 2. The number of nitrogens with zero attached hydrogens (tertiary/aromatic N) is 4. The quantitative estimate of drug-likeness (QED) is 0.630. The molecule has 0 amide bonds. The number of piperazine rings is 1. The molecule has 1 fully saturated rings. The lowest BCUT2D eigenvalue weighted by Gasteiger charge is -2.34. The van der Waals surface area contributed by atoms with E-state index in [-0.39, 0.29) is 0 Å². The maximum absolute atomic E-state index is 4.66. The van der Waals surface area contributed by atoms with Crippen LogP contribution in [0.5, 0.6) is 0 Å². The van der Waals surface area contributed by atoms with Gasteiger partial charge in [-0.25, -0.2) is 9.97 Å². The van der Waals surface area contributed by atoms with Crippen LogP contribution in [0.4, 0.5) is 0 Å². The number of benzene rings is 1. The second-order valence-corrected chi connectivity index (χ2v) is 8.57. The third-order valence-corrected chi connectivity index (χ3v) is 6.23. The summed E-state index contributed by atoms with van der Waals surface area (Å²) in [5.41, 5.74) is 4.95. The molecule has 1 saturated heterocycles. The summed E-state index contributed by atoms with van der Waals surface area (Å²) in [6, 6.07) is 15.3. The molecule has 3 heterocycles. The lowest BCUT2D eigenvalue weighted by molar-refractivity contribution is 0.128. The van der Waals surface area contributed by atoms with Crippen LogP contribution >= 0.6 is 11.3 Å². The summed E-state index contributed by atoms with van der Waals surface area (Å²) >= 11 is 1.73. The molecule has 28 heavy (non-hydrogen) atoms. The second-order valence-electron chi connectivity index (χ2n) is 7.62. The Kier molecular flexibility index (Phi) is 6.15. The van der Waals surface area contributed by atoms with Crippen LogP contribution in [-0.2, 0) is 13.0 Å². The van der Waals surface area contributed by atoms with Gasteiger partial charge in [0.2, 0.25) is 0 Å². The third-order valence-electron chi connectivity index (χ3n) is 5.34. The van der Waals surface area contributed by atoms with Gasteiger partial charge in [0.05, 0.1) is 10.6 Å². The zero-order chi connectivity index (χ0) is 19.3. The van der Waals surface area contributed by atoms with E-state index in [1.807, 2.05) is 6.92 Å². The van der Waals surface area contributed by atoms with E-state index in [0.717, 1.165) is 62.9 Å². The average molecular weight is 393 g/mol. The Bertz CT molecular complexity index is 881. The summed E-state index contributed by atoms with van der Waals surface area (Å²) in [5, 5.41) is 2.10. The van der Waals surface area contributed by atoms with Crippen LogP contribution in [0.3, 0.4) is 0 Å². The number of hydrogen-bond donors (Lipinski definition) is 0. The van der Waals surface area contributed by atoms with E-state index < -0.39 is 0 Å². The highest BCUT2D eigenvalue weighted by Crippen LogP contribution is 2.23. The van der Waals surface area contributed by atoms with Gasteiger partial charge in [-0.3, -0.25) is 4.90 Å². The highest BCUT2D eigenvalue weighted by atomic mass is 32.1. The van der Waals surface area contributed by atoms with Crippen LogP contribution in [0.25, 0.3) is 10.6 Å². The summed E-state index contributed by atoms with van der Waals surface area (Å²) in [6.45, 7) is 10.8. The van der Waals surface area contributed by atoms with E-state index >= 15 is 0 Å². The zero-order valence-corrected chi connectivity index (χ0v) is 17.6. The summed E-state index contributed by atoms with van der Waals surface area (Å²) < 4.78 is 0. The smallest absolute Gasteiger partial charge is 0.126 e. The summed E-state index contributed by atoms with van der Waals surface area (Å²) in [4.78, 5) is 15.6. The monoisotopic (exact) mass is 392 g/mol. The van der Waals surface area contributed by atoms with Gasteiger partial charge in [-0.2, -0.15) is 0 Å². The molecule has 0 N–H and O–H groups in total. The molecule has 0 atom stereocenters.